The molecule has 0 spiro atoms. The van der Waals surface area contributed by atoms with Crippen LogP contribution in [0.1, 0.15) is 12.0 Å². The Morgan fingerprint density at radius 3 is 2.36 bits per heavy atom. The maximum absolute atomic E-state index is 6.11. The van der Waals surface area contributed by atoms with Crippen molar-refractivity contribution in [2.24, 2.45) is 5.73 Å². The molecule has 0 radical (unpaired) electrons. The van der Waals surface area contributed by atoms with Crippen LogP contribution in [0, 0.1) is 0 Å². The lowest BCUT2D eigenvalue weighted by molar-refractivity contribution is 1.12. The van der Waals surface area contributed by atoms with Crippen LogP contribution in [0.5, 0.6) is 0 Å². The summed E-state index contributed by atoms with van der Waals surface area (Å²) in [5, 5.41) is 0. The predicted molar refractivity (Wildman–Crippen MR) is 67.1 cm³/mol. The SMILES string of the molecule is NC(=C1SCCCS1)c1ccccc1. The summed E-state index contributed by atoms with van der Waals surface area (Å²) in [5.74, 6) is 2.41. The summed E-state index contributed by atoms with van der Waals surface area (Å²) in [6.07, 6.45) is 1.29. The van der Waals surface area contributed by atoms with Crippen molar-refractivity contribution in [2.75, 3.05) is 11.5 Å². The summed E-state index contributed by atoms with van der Waals surface area (Å²) in [6.45, 7) is 0. The van der Waals surface area contributed by atoms with Crippen molar-refractivity contribution >= 4 is 29.2 Å². The van der Waals surface area contributed by atoms with Gasteiger partial charge in [-0.1, -0.05) is 30.3 Å². The van der Waals surface area contributed by atoms with Gasteiger partial charge in [0, 0.05) is 0 Å². The standard InChI is InChI=1S/C11H13NS2/c12-10(9-5-2-1-3-6-9)11-13-7-4-8-14-11/h1-3,5-6H,4,7-8,12H2. The Hall–Kier alpha value is -0.540. The Morgan fingerprint density at radius 2 is 1.71 bits per heavy atom. The van der Waals surface area contributed by atoms with Crippen LogP contribution in [0.4, 0.5) is 0 Å². The van der Waals surface area contributed by atoms with Gasteiger partial charge in [-0.15, -0.1) is 23.5 Å². The van der Waals surface area contributed by atoms with E-state index in [2.05, 4.69) is 12.1 Å². The summed E-state index contributed by atoms with van der Waals surface area (Å²) in [4.78, 5) is 0. The highest BCUT2D eigenvalue weighted by molar-refractivity contribution is 8.23. The fourth-order valence-electron chi connectivity index (χ4n) is 1.32. The van der Waals surface area contributed by atoms with Crippen molar-refractivity contribution in [1.82, 2.24) is 0 Å². The Balaban J connectivity index is 2.25. The van der Waals surface area contributed by atoms with Gasteiger partial charge in [0.25, 0.3) is 0 Å². The topological polar surface area (TPSA) is 26.0 Å². The molecule has 1 aromatic carbocycles. The highest BCUT2D eigenvalue weighted by Crippen LogP contribution is 2.38. The molecule has 0 atom stereocenters. The number of hydrogen-bond acceptors (Lipinski definition) is 3. The van der Waals surface area contributed by atoms with Gasteiger partial charge in [-0.25, -0.2) is 0 Å². The van der Waals surface area contributed by atoms with Gasteiger partial charge in [-0.3, -0.25) is 0 Å². The first kappa shape index (κ1) is 9.99. The normalized spacial score (nSPS) is 16.7. The highest BCUT2D eigenvalue weighted by Gasteiger charge is 2.11. The van der Waals surface area contributed by atoms with Gasteiger partial charge in [-0.2, -0.15) is 0 Å². The lowest BCUT2D eigenvalue weighted by Crippen LogP contribution is -2.02. The molecule has 0 bridgehead atoms. The van der Waals surface area contributed by atoms with Crippen molar-refractivity contribution in [3.63, 3.8) is 0 Å². The van der Waals surface area contributed by atoms with Crippen LogP contribution in [0.3, 0.4) is 0 Å². The average molecular weight is 223 g/mol. The molecule has 2 N–H and O–H groups in total. The molecule has 1 fully saturated rings. The van der Waals surface area contributed by atoms with E-state index in [1.807, 2.05) is 41.7 Å². The lowest BCUT2D eigenvalue weighted by atomic mass is 10.2. The number of hydrogen-bond donors (Lipinski definition) is 1. The molecule has 2 rings (SSSR count). The molecule has 0 aromatic heterocycles. The van der Waals surface area contributed by atoms with Gasteiger partial charge in [0.1, 0.15) is 0 Å². The quantitative estimate of drug-likeness (QED) is 0.792. The van der Waals surface area contributed by atoms with Crippen LogP contribution >= 0.6 is 23.5 Å². The fourth-order valence-corrected chi connectivity index (χ4v) is 3.83. The number of rotatable bonds is 1. The zero-order valence-electron chi connectivity index (χ0n) is 7.90. The van der Waals surface area contributed by atoms with Crippen molar-refractivity contribution < 1.29 is 0 Å². The van der Waals surface area contributed by atoms with E-state index in [1.54, 1.807) is 0 Å². The van der Waals surface area contributed by atoms with Crippen molar-refractivity contribution in [3.8, 4) is 0 Å². The summed E-state index contributed by atoms with van der Waals surface area (Å²) >= 11 is 3.77. The van der Waals surface area contributed by atoms with Crippen molar-refractivity contribution in [3.05, 3.63) is 40.1 Å². The van der Waals surface area contributed by atoms with Crippen LogP contribution in [0.15, 0.2) is 34.6 Å². The van der Waals surface area contributed by atoms with E-state index in [0.29, 0.717) is 0 Å². The maximum Gasteiger partial charge on any atom is 0.0638 e. The molecule has 1 aromatic rings. The van der Waals surface area contributed by atoms with E-state index in [1.165, 1.54) is 22.2 Å². The Kier molecular flexibility index (Phi) is 3.43. The van der Waals surface area contributed by atoms with Crippen LogP contribution in [-0.2, 0) is 0 Å². The minimum Gasteiger partial charge on any atom is -0.397 e. The second-order valence-corrected chi connectivity index (χ2v) is 5.59. The highest BCUT2D eigenvalue weighted by atomic mass is 32.2. The molecule has 1 aliphatic heterocycles. The number of thioether (sulfide) groups is 2. The third-order valence-electron chi connectivity index (χ3n) is 2.06. The van der Waals surface area contributed by atoms with Gasteiger partial charge in [0.15, 0.2) is 0 Å². The zero-order valence-corrected chi connectivity index (χ0v) is 9.53. The Morgan fingerprint density at radius 1 is 1.07 bits per heavy atom. The molecule has 3 heteroatoms. The van der Waals surface area contributed by atoms with Gasteiger partial charge in [-0.05, 0) is 23.5 Å². The van der Waals surface area contributed by atoms with Crippen LogP contribution < -0.4 is 5.73 Å². The molecule has 0 aliphatic carbocycles. The van der Waals surface area contributed by atoms with Gasteiger partial charge >= 0.3 is 0 Å². The van der Waals surface area contributed by atoms with Crippen molar-refractivity contribution in [1.29, 1.82) is 0 Å². The second kappa shape index (κ2) is 4.80. The Bertz CT molecular complexity index is 324. The fraction of sp³-hybridized carbons (Fsp3) is 0.273. The number of nitrogens with two attached hydrogens (primary N) is 1. The van der Waals surface area contributed by atoms with Gasteiger partial charge < -0.3 is 5.73 Å². The van der Waals surface area contributed by atoms with E-state index in [4.69, 9.17) is 5.73 Å². The molecule has 0 saturated carbocycles. The zero-order chi connectivity index (χ0) is 9.80. The summed E-state index contributed by atoms with van der Waals surface area (Å²) in [7, 11) is 0. The molecule has 1 aliphatic rings. The van der Waals surface area contributed by atoms with Crippen LogP contribution in [0.25, 0.3) is 5.70 Å². The molecule has 1 heterocycles. The third-order valence-corrected chi connectivity index (χ3v) is 4.72. The van der Waals surface area contributed by atoms with Crippen molar-refractivity contribution in [2.45, 2.75) is 6.42 Å². The first-order valence-electron chi connectivity index (χ1n) is 4.68. The van der Waals surface area contributed by atoms with E-state index in [9.17, 15) is 0 Å². The van der Waals surface area contributed by atoms with Gasteiger partial charge in [0.2, 0.25) is 0 Å². The Labute approximate surface area is 93.1 Å². The first-order valence-corrected chi connectivity index (χ1v) is 6.66. The monoisotopic (exact) mass is 223 g/mol. The third kappa shape index (κ3) is 2.28. The van der Waals surface area contributed by atoms with Gasteiger partial charge in [0.05, 0.1) is 9.93 Å². The van der Waals surface area contributed by atoms with Crippen LogP contribution in [-0.4, -0.2) is 11.5 Å². The molecule has 1 nitrogen and oxygen atoms in total. The molecule has 0 unspecified atom stereocenters. The minimum absolute atomic E-state index is 0.945. The number of benzene rings is 1. The molecular formula is C11H13NS2. The lowest BCUT2D eigenvalue weighted by Gasteiger charge is -2.15. The molecule has 74 valence electrons. The molecule has 0 amide bonds. The van der Waals surface area contributed by atoms with E-state index < -0.39 is 0 Å². The molecule has 1 saturated heterocycles. The largest absolute Gasteiger partial charge is 0.397 e. The maximum atomic E-state index is 6.11. The smallest absolute Gasteiger partial charge is 0.0638 e. The molecular weight excluding hydrogens is 210 g/mol. The second-order valence-electron chi connectivity index (χ2n) is 3.12. The van der Waals surface area contributed by atoms with E-state index in [0.717, 1.165) is 11.3 Å². The van der Waals surface area contributed by atoms with E-state index >= 15 is 0 Å². The first-order chi connectivity index (χ1) is 6.88. The summed E-state index contributed by atoms with van der Waals surface area (Å²) in [5.41, 5.74) is 8.20. The summed E-state index contributed by atoms with van der Waals surface area (Å²) in [6, 6.07) is 10.2. The molecule has 14 heavy (non-hydrogen) atoms. The minimum atomic E-state index is 0.945. The van der Waals surface area contributed by atoms with E-state index in [-0.39, 0.29) is 0 Å². The predicted octanol–water partition coefficient (Wildman–Crippen LogP) is 3.14. The average Bonchev–Trinajstić information content (AvgIpc) is 2.30. The summed E-state index contributed by atoms with van der Waals surface area (Å²) < 4.78 is 1.29. The van der Waals surface area contributed by atoms with Crippen LogP contribution in [0.2, 0.25) is 0 Å².